The van der Waals surface area contributed by atoms with E-state index in [0.29, 0.717) is 0 Å². The van der Waals surface area contributed by atoms with Gasteiger partial charge < -0.3 is 9.64 Å². The molecule has 134 valence electrons. The number of nitrogens with zero attached hydrogens (tertiary/aromatic N) is 1. The maximum atomic E-state index is 5.82. The van der Waals surface area contributed by atoms with Gasteiger partial charge in [-0.15, -0.1) is 11.8 Å². The number of thioether (sulfide) groups is 1. The van der Waals surface area contributed by atoms with E-state index < -0.39 is 0 Å². The van der Waals surface area contributed by atoms with Crippen molar-refractivity contribution in [3.63, 3.8) is 0 Å². The summed E-state index contributed by atoms with van der Waals surface area (Å²) in [6.07, 6.45) is 3.87. The zero-order valence-electron chi connectivity index (χ0n) is 15.0. The first-order chi connectivity index (χ1) is 12.4. The van der Waals surface area contributed by atoms with Crippen molar-refractivity contribution in [1.29, 1.82) is 0 Å². The Bertz CT molecular complexity index is 581. The van der Waals surface area contributed by atoms with Crippen molar-refractivity contribution in [1.82, 2.24) is 4.90 Å². The molecular formula is C22H29NOS. The van der Waals surface area contributed by atoms with Crippen LogP contribution in [-0.2, 0) is 11.2 Å². The van der Waals surface area contributed by atoms with Gasteiger partial charge >= 0.3 is 0 Å². The summed E-state index contributed by atoms with van der Waals surface area (Å²) in [4.78, 5) is 3.89. The van der Waals surface area contributed by atoms with Gasteiger partial charge in [-0.2, -0.15) is 0 Å². The molecular weight excluding hydrogens is 326 g/mol. The Morgan fingerprint density at radius 3 is 2.28 bits per heavy atom. The van der Waals surface area contributed by atoms with Crippen LogP contribution in [0.25, 0.3) is 0 Å². The molecule has 0 bridgehead atoms. The van der Waals surface area contributed by atoms with E-state index >= 15 is 0 Å². The van der Waals surface area contributed by atoms with Gasteiger partial charge in [0.25, 0.3) is 0 Å². The van der Waals surface area contributed by atoms with Crippen LogP contribution in [-0.4, -0.2) is 43.5 Å². The standard InChI is InChI=1S/C22H29NOS/c1-3-7-20(8-4-1)19-21-11-13-23(14-12-21)15-16-24-17-18-25-22-9-5-2-6-10-22/h1-10,21H,11-19H2. The molecule has 3 heteroatoms. The molecule has 1 saturated heterocycles. The molecule has 0 N–H and O–H groups in total. The summed E-state index contributed by atoms with van der Waals surface area (Å²) in [5, 5.41) is 0. The molecule has 3 rings (SSSR count). The fourth-order valence-corrected chi connectivity index (χ4v) is 4.18. The first kappa shape index (κ1) is 18.5. The average molecular weight is 356 g/mol. The molecule has 1 aliphatic heterocycles. The molecule has 0 radical (unpaired) electrons. The lowest BCUT2D eigenvalue weighted by Crippen LogP contribution is -2.36. The summed E-state index contributed by atoms with van der Waals surface area (Å²) in [6, 6.07) is 21.5. The lowest BCUT2D eigenvalue weighted by molar-refractivity contribution is 0.0971. The highest BCUT2D eigenvalue weighted by Gasteiger charge is 2.18. The molecule has 0 amide bonds. The van der Waals surface area contributed by atoms with Gasteiger partial charge in [0.05, 0.1) is 13.2 Å². The maximum Gasteiger partial charge on any atom is 0.0593 e. The van der Waals surface area contributed by atoms with Crippen LogP contribution >= 0.6 is 11.8 Å². The quantitative estimate of drug-likeness (QED) is 0.476. The highest BCUT2D eigenvalue weighted by molar-refractivity contribution is 7.99. The Morgan fingerprint density at radius 1 is 0.880 bits per heavy atom. The monoisotopic (exact) mass is 355 g/mol. The molecule has 2 nitrogen and oxygen atoms in total. The second-order valence-electron chi connectivity index (χ2n) is 6.75. The highest BCUT2D eigenvalue weighted by Crippen LogP contribution is 2.21. The second kappa shape index (κ2) is 10.6. The van der Waals surface area contributed by atoms with Crippen molar-refractivity contribution in [2.75, 3.05) is 38.6 Å². The Hall–Kier alpha value is -1.29. The second-order valence-corrected chi connectivity index (χ2v) is 7.92. The van der Waals surface area contributed by atoms with E-state index in [1.54, 1.807) is 0 Å². The summed E-state index contributed by atoms with van der Waals surface area (Å²) >= 11 is 1.87. The van der Waals surface area contributed by atoms with Gasteiger partial charge in [0.15, 0.2) is 0 Å². The van der Waals surface area contributed by atoms with Crippen molar-refractivity contribution < 1.29 is 4.74 Å². The predicted octanol–water partition coefficient (Wildman–Crippen LogP) is 4.75. The molecule has 0 spiro atoms. The van der Waals surface area contributed by atoms with Gasteiger partial charge in [0.2, 0.25) is 0 Å². The van der Waals surface area contributed by atoms with E-state index in [1.165, 1.54) is 42.8 Å². The van der Waals surface area contributed by atoms with E-state index in [1.807, 2.05) is 11.8 Å². The van der Waals surface area contributed by atoms with Crippen LogP contribution in [0.4, 0.5) is 0 Å². The van der Waals surface area contributed by atoms with Crippen molar-refractivity contribution >= 4 is 11.8 Å². The number of piperidine rings is 1. The molecule has 2 aromatic rings. The van der Waals surface area contributed by atoms with Gasteiger partial charge in [0, 0.05) is 17.2 Å². The van der Waals surface area contributed by atoms with E-state index in [0.717, 1.165) is 31.4 Å². The zero-order valence-corrected chi connectivity index (χ0v) is 15.8. The SMILES string of the molecule is c1ccc(CC2CCN(CCOCCSc3ccccc3)CC2)cc1. The van der Waals surface area contributed by atoms with E-state index in [-0.39, 0.29) is 0 Å². The van der Waals surface area contributed by atoms with Gasteiger partial charge in [0.1, 0.15) is 0 Å². The molecule has 0 atom stereocenters. The van der Waals surface area contributed by atoms with Gasteiger partial charge in [-0.05, 0) is 56.0 Å². The summed E-state index contributed by atoms with van der Waals surface area (Å²) in [5.41, 5.74) is 1.49. The molecule has 1 fully saturated rings. The van der Waals surface area contributed by atoms with Crippen molar-refractivity contribution in [2.24, 2.45) is 5.92 Å². The topological polar surface area (TPSA) is 12.5 Å². The highest BCUT2D eigenvalue weighted by atomic mass is 32.2. The van der Waals surface area contributed by atoms with Crippen LogP contribution in [0.3, 0.4) is 0 Å². The number of benzene rings is 2. The summed E-state index contributed by atoms with van der Waals surface area (Å²) in [5.74, 6) is 1.88. The molecule has 1 heterocycles. The summed E-state index contributed by atoms with van der Waals surface area (Å²) in [6.45, 7) is 5.22. The van der Waals surface area contributed by atoms with Crippen LogP contribution < -0.4 is 0 Å². The third-order valence-corrected chi connectivity index (χ3v) is 5.84. The van der Waals surface area contributed by atoms with Crippen LogP contribution in [0.2, 0.25) is 0 Å². The largest absolute Gasteiger partial charge is 0.379 e. The van der Waals surface area contributed by atoms with Crippen LogP contribution in [0, 0.1) is 5.92 Å². The zero-order chi connectivity index (χ0) is 17.2. The molecule has 0 saturated carbocycles. The Labute approximate surface area is 156 Å². The van der Waals surface area contributed by atoms with Crippen molar-refractivity contribution in [2.45, 2.75) is 24.2 Å². The van der Waals surface area contributed by atoms with Crippen LogP contribution in [0.5, 0.6) is 0 Å². The van der Waals surface area contributed by atoms with E-state index in [4.69, 9.17) is 4.74 Å². The smallest absolute Gasteiger partial charge is 0.0593 e. The van der Waals surface area contributed by atoms with E-state index in [2.05, 4.69) is 65.6 Å². The van der Waals surface area contributed by atoms with Crippen molar-refractivity contribution in [3.05, 3.63) is 66.2 Å². The Morgan fingerprint density at radius 2 is 1.56 bits per heavy atom. The fraction of sp³-hybridized carbons (Fsp3) is 0.455. The lowest BCUT2D eigenvalue weighted by atomic mass is 9.90. The first-order valence-corrected chi connectivity index (χ1v) is 10.4. The summed E-state index contributed by atoms with van der Waals surface area (Å²) < 4.78 is 5.82. The minimum atomic E-state index is 0.837. The third kappa shape index (κ3) is 6.85. The predicted molar refractivity (Wildman–Crippen MR) is 107 cm³/mol. The Balaban J connectivity index is 1.22. The van der Waals surface area contributed by atoms with E-state index in [9.17, 15) is 0 Å². The molecule has 1 aliphatic rings. The van der Waals surface area contributed by atoms with Crippen LogP contribution in [0.15, 0.2) is 65.6 Å². The number of rotatable bonds is 9. The minimum absolute atomic E-state index is 0.837. The average Bonchev–Trinajstić information content (AvgIpc) is 2.67. The minimum Gasteiger partial charge on any atom is -0.379 e. The van der Waals surface area contributed by atoms with Gasteiger partial charge in [-0.25, -0.2) is 0 Å². The number of ether oxygens (including phenoxy) is 1. The van der Waals surface area contributed by atoms with Gasteiger partial charge in [-0.1, -0.05) is 48.5 Å². The fourth-order valence-electron chi connectivity index (χ4n) is 3.39. The molecule has 2 aromatic carbocycles. The summed E-state index contributed by atoms with van der Waals surface area (Å²) in [7, 11) is 0. The molecule has 0 aromatic heterocycles. The lowest BCUT2D eigenvalue weighted by Gasteiger charge is -2.31. The first-order valence-electron chi connectivity index (χ1n) is 9.42. The third-order valence-electron chi connectivity index (χ3n) is 4.87. The number of hydrogen-bond acceptors (Lipinski definition) is 3. The molecule has 0 unspecified atom stereocenters. The normalized spacial score (nSPS) is 16.2. The number of hydrogen-bond donors (Lipinski definition) is 0. The Kier molecular flexibility index (Phi) is 7.88. The van der Waals surface area contributed by atoms with Crippen molar-refractivity contribution in [3.8, 4) is 0 Å². The van der Waals surface area contributed by atoms with Crippen LogP contribution in [0.1, 0.15) is 18.4 Å². The molecule has 25 heavy (non-hydrogen) atoms. The number of likely N-dealkylation sites (tertiary alicyclic amines) is 1. The van der Waals surface area contributed by atoms with Gasteiger partial charge in [-0.3, -0.25) is 0 Å². The molecule has 0 aliphatic carbocycles. The maximum absolute atomic E-state index is 5.82.